The van der Waals surface area contributed by atoms with Gasteiger partial charge >= 0.3 is 6.03 Å². The number of halogens is 1. The van der Waals surface area contributed by atoms with Crippen LogP contribution < -0.4 is 14.4 Å². The highest BCUT2D eigenvalue weighted by atomic mass is 35.5. The van der Waals surface area contributed by atoms with E-state index in [-0.39, 0.29) is 35.3 Å². The number of carbonyl (C=O) groups excluding carboxylic acids is 2. The highest BCUT2D eigenvalue weighted by Crippen LogP contribution is 2.47. The quantitative estimate of drug-likeness (QED) is 0.370. The molecule has 4 bridgehead atoms. The van der Waals surface area contributed by atoms with Crippen molar-refractivity contribution in [1.82, 2.24) is 9.62 Å². The van der Waals surface area contributed by atoms with Gasteiger partial charge in [-0.1, -0.05) is 36.7 Å². The lowest BCUT2D eigenvalue weighted by molar-refractivity contribution is -0.0985. The number of aryl methyl sites for hydroxylation is 1. The van der Waals surface area contributed by atoms with Gasteiger partial charge in [0, 0.05) is 36.2 Å². The maximum atomic E-state index is 14.6. The third-order valence-electron chi connectivity index (χ3n) is 11.9. The Kier molecular flexibility index (Phi) is 9.15. The second-order valence-corrected chi connectivity index (χ2v) is 17.8. The summed E-state index contributed by atoms with van der Waals surface area (Å²) in [5.74, 6) is 0.785. The molecular weight excluding hydrogens is 676 g/mol. The van der Waals surface area contributed by atoms with Gasteiger partial charge in [0.05, 0.1) is 49.4 Å². The van der Waals surface area contributed by atoms with E-state index in [1.807, 2.05) is 25.1 Å². The molecule has 2 aliphatic carbocycles. The Morgan fingerprint density at radius 1 is 1.16 bits per heavy atom. The van der Waals surface area contributed by atoms with Gasteiger partial charge in [0.15, 0.2) is 0 Å². The Labute approximate surface area is 300 Å². The van der Waals surface area contributed by atoms with Crippen molar-refractivity contribution in [3.63, 3.8) is 0 Å². The van der Waals surface area contributed by atoms with Crippen LogP contribution in [0.2, 0.25) is 5.02 Å². The Morgan fingerprint density at radius 3 is 2.76 bits per heavy atom. The van der Waals surface area contributed by atoms with Crippen molar-refractivity contribution >= 4 is 39.1 Å². The number of urea groups is 1. The summed E-state index contributed by atoms with van der Waals surface area (Å²) in [5.41, 5.74) is 3.46. The molecule has 1 N–H and O–H groups in total. The first-order valence-corrected chi connectivity index (χ1v) is 20.2. The van der Waals surface area contributed by atoms with Gasteiger partial charge in [-0.25, -0.2) is 9.00 Å². The maximum absolute atomic E-state index is 14.6. The predicted molar refractivity (Wildman–Crippen MR) is 193 cm³/mol. The molecule has 3 fully saturated rings. The van der Waals surface area contributed by atoms with Crippen LogP contribution >= 0.6 is 11.6 Å². The van der Waals surface area contributed by atoms with Gasteiger partial charge in [-0.2, -0.15) is 0 Å². The largest absolute Gasteiger partial charge is 0.490 e. The predicted octanol–water partition coefficient (Wildman–Crippen LogP) is 6.16. The van der Waals surface area contributed by atoms with Crippen molar-refractivity contribution in [2.24, 2.45) is 22.1 Å². The molecule has 50 heavy (non-hydrogen) atoms. The van der Waals surface area contributed by atoms with Gasteiger partial charge < -0.3 is 24.0 Å². The molecular formula is C38H47ClN4O6S. The fraction of sp³-hybridized carbons (Fsp3) is 0.579. The lowest BCUT2D eigenvalue weighted by Crippen LogP contribution is -2.68. The third-order valence-corrected chi connectivity index (χ3v) is 14.2. The summed E-state index contributed by atoms with van der Waals surface area (Å²) in [6.45, 7) is 4.93. The number of morpholine rings is 1. The zero-order valence-electron chi connectivity index (χ0n) is 28.9. The molecule has 1 spiro atoms. The lowest BCUT2D eigenvalue weighted by atomic mass is 9.68. The monoisotopic (exact) mass is 722 g/mol. The molecule has 1 saturated carbocycles. The van der Waals surface area contributed by atoms with Gasteiger partial charge in [0.1, 0.15) is 15.7 Å². The van der Waals surface area contributed by atoms with Crippen LogP contribution in [-0.2, 0) is 31.2 Å². The summed E-state index contributed by atoms with van der Waals surface area (Å²) in [4.78, 5) is 31.6. The minimum absolute atomic E-state index is 0.0437. The number of benzene rings is 2. The zero-order chi connectivity index (χ0) is 34.6. The first kappa shape index (κ1) is 34.0. The highest BCUT2D eigenvalue weighted by molar-refractivity contribution is 7.92. The second-order valence-electron chi connectivity index (χ2n) is 15.4. The summed E-state index contributed by atoms with van der Waals surface area (Å²) in [5, 5.41) is 0.746. The number of nitrogens with one attached hydrogen (secondary N) is 1. The van der Waals surface area contributed by atoms with Gasteiger partial charge in [0.2, 0.25) is 0 Å². The zero-order valence-corrected chi connectivity index (χ0v) is 30.4. The van der Waals surface area contributed by atoms with Crippen molar-refractivity contribution in [3.8, 4) is 5.75 Å². The van der Waals surface area contributed by atoms with Crippen LogP contribution in [0.1, 0.15) is 66.9 Å². The first-order chi connectivity index (χ1) is 24.1. The van der Waals surface area contributed by atoms with E-state index in [0.29, 0.717) is 49.4 Å². The van der Waals surface area contributed by atoms with E-state index in [2.05, 4.69) is 38.3 Å². The van der Waals surface area contributed by atoms with Gasteiger partial charge in [-0.3, -0.25) is 9.52 Å². The van der Waals surface area contributed by atoms with E-state index in [0.717, 1.165) is 62.3 Å². The van der Waals surface area contributed by atoms with E-state index < -0.39 is 21.9 Å². The molecule has 3 amide bonds. The van der Waals surface area contributed by atoms with E-state index in [9.17, 15) is 13.8 Å². The van der Waals surface area contributed by atoms with Crippen molar-refractivity contribution in [2.75, 3.05) is 50.7 Å². The number of allylic oxidation sites excluding steroid dienone is 1. The van der Waals surface area contributed by atoms with Crippen LogP contribution in [0.25, 0.3) is 0 Å². The normalized spacial score (nSPS) is 35.6. The smallest absolute Gasteiger partial charge is 0.330 e. The van der Waals surface area contributed by atoms with Crippen molar-refractivity contribution in [3.05, 3.63) is 70.3 Å². The van der Waals surface area contributed by atoms with E-state index >= 15 is 0 Å². The van der Waals surface area contributed by atoms with Crippen LogP contribution in [0.3, 0.4) is 0 Å². The highest BCUT2D eigenvalue weighted by Gasteiger charge is 2.47. The molecule has 4 heterocycles. The number of methoxy groups -OCH3 is 1. The lowest BCUT2D eigenvalue weighted by Gasteiger charge is -2.51. The molecule has 8 atom stereocenters. The number of carbonyl (C=O) groups is 2. The number of ether oxygens (including phenoxy) is 3. The van der Waals surface area contributed by atoms with E-state index in [1.165, 1.54) is 11.1 Å². The van der Waals surface area contributed by atoms with Crippen LogP contribution in [-0.4, -0.2) is 85.0 Å². The molecule has 2 aromatic rings. The molecule has 12 heteroatoms. The average Bonchev–Trinajstić information content (AvgIpc) is 3.22. The van der Waals surface area contributed by atoms with Crippen molar-refractivity contribution in [2.45, 2.75) is 75.5 Å². The number of fused-ring (bicyclic) bond motifs is 6. The van der Waals surface area contributed by atoms with Crippen LogP contribution in [0.4, 0.5) is 10.5 Å². The third kappa shape index (κ3) is 6.33. The number of nitrogens with zero attached hydrogens (tertiary/aromatic N) is 3. The summed E-state index contributed by atoms with van der Waals surface area (Å²) in [6.07, 6.45) is 10.9. The fourth-order valence-electron chi connectivity index (χ4n) is 9.23. The molecule has 8 rings (SSSR count). The van der Waals surface area contributed by atoms with Crippen molar-refractivity contribution < 1.29 is 28.0 Å². The number of rotatable bonds is 2. The summed E-state index contributed by atoms with van der Waals surface area (Å²) >= 11 is 6.46. The molecule has 4 aliphatic heterocycles. The van der Waals surface area contributed by atoms with Crippen LogP contribution in [0, 0.1) is 17.8 Å². The molecule has 268 valence electrons. The number of hydrogen-bond donors (Lipinski definition) is 1. The molecule has 3 unspecified atom stereocenters. The number of amides is 3. The Bertz CT molecular complexity index is 1810. The van der Waals surface area contributed by atoms with E-state index in [1.54, 1.807) is 18.1 Å². The Morgan fingerprint density at radius 2 is 2.00 bits per heavy atom. The van der Waals surface area contributed by atoms with Gasteiger partial charge in [-0.05, 0) is 104 Å². The number of anilines is 1. The minimum atomic E-state index is -3.47. The van der Waals surface area contributed by atoms with E-state index in [4.69, 9.17) is 25.8 Å². The maximum Gasteiger partial charge on any atom is 0.330 e. The SMILES string of the molecule is CO[C@H]1/C=C\C[C@H](C)CS(=O)(NC(=O)N2C3COCC2C3)=NC(=O)c2ccc3c(c2)N(C[C@@H]2CC[C@H]21)C[C@@]1(CCCc2cc(Cl)ccc21)CO3. The summed E-state index contributed by atoms with van der Waals surface area (Å²) < 4.78 is 39.9. The van der Waals surface area contributed by atoms with Gasteiger partial charge in [-0.15, -0.1) is 4.36 Å². The second kappa shape index (κ2) is 13.5. The average molecular weight is 723 g/mol. The Hall–Kier alpha value is -3.12. The molecule has 2 aromatic carbocycles. The Balaban J connectivity index is 1.18. The molecule has 2 saturated heterocycles. The van der Waals surface area contributed by atoms with Crippen LogP contribution in [0.5, 0.6) is 5.75 Å². The number of hydrogen-bond acceptors (Lipinski definition) is 7. The molecule has 10 nitrogen and oxygen atoms in total. The molecule has 0 radical (unpaired) electrons. The summed E-state index contributed by atoms with van der Waals surface area (Å²) in [6, 6.07) is 11.1. The standard InChI is InChI=1S/C38H47ClN4O6S/c1-24-5-3-7-34(47-2)31-11-8-27(31)18-42-22-38(14-4-6-25-15-28(39)10-12-32(25)38)23-49-35-13-9-26(16-33(35)42)36(44)40-50(46,21-24)41-37(45)43-29-17-30(43)20-48-19-29/h3,7,9-10,12-13,15-16,24,27,29-31,34H,4-6,8,11,14,17-23H2,1-2H3,(H,40,41,44,45,46)/b7-3-/t24-,27-,29?,30?,31+,34-,38-,50?/m0/s1. The van der Waals surface area contributed by atoms with Crippen molar-refractivity contribution in [1.29, 1.82) is 0 Å². The first-order valence-electron chi connectivity index (χ1n) is 18.1. The summed E-state index contributed by atoms with van der Waals surface area (Å²) in [7, 11) is -1.70. The molecule has 6 aliphatic rings. The van der Waals surface area contributed by atoms with Crippen LogP contribution in [0.15, 0.2) is 52.9 Å². The topological polar surface area (TPSA) is 110 Å². The van der Waals surface area contributed by atoms with Gasteiger partial charge in [0.25, 0.3) is 5.91 Å². The minimum Gasteiger partial charge on any atom is -0.490 e. The molecule has 0 aromatic heterocycles. The fourth-order valence-corrected chi connectivity index (χ4v) is 11.3.